The maximum atomic E-state index is 10.8. The molecule has 1 rings (SSSR count). The van der Waals surface area contributed by atoms with Crippen molar-refractivity contribution < 1.29 is 8.76 Å². The Bertz CT molecular complexity index is 299. The van der Waals surface area contributed by atoms with E-state index in [0.29, 0.717) is 4.90 Å². The van der Waals surface area contributed by atoms with Crippen molar-refractivity contribution in [3.05, 3.63) is 29.8 Å². The van der Waals surface area contributed by atoms with E-state index in [1.54, 1.807) is 12.1 Å². The second-order valence-electron chi connectivity index (χ2n) is 2.94. The fourth-order valence-corrected chi connectivity index (χ4v) is 1.82. The summed E-state index contributed by atoms with van der Waals surface area (Å²) in [6.45, 7) is 4.01. The van der Waals surface area contributed by atoms with Crippen LogP contribution in [-0.4, -0.2) is 46.5 Å². The first-order valence-electron chi connectivity index (χ1n) is 3.82. The van der Waals surface area contributed by atoms with Crippen molar-refractivity contribution in [3.63, 3.8) is 0 Å². The van der Waals surface area contributed by atoms with Crippen LogP contribution in [-0.2, 0) is 11.1 Å². The molecule has 1 N–H and O–H groups in total. The molecule has 0 aromatic heterocycles. The van der Waals surface area contributed by atoms with Gasteiger partial charge in [-0.05, 0) is 17.5 Å². The van der Waals surface area contributed by atoms with Crippen LogP contribution in [0.3, 0.4) is 0 Å². The Labute approximate surface area is 111 Å². The number of rotatable bonds is 2. The van der Waals surface area contributed by atoms with Gasteiger partial charge in [0.25, 0.3) is 0 Å². The van der Waals surface area contributed by atoms with E-state index in [2.05, 4.69) is 0 Å². The van der Waals surface area contributed by atoms with Crippen molar-refractivity contribution in [3.8, 4) is 0 Å². The molecule has 0 heterocycles. The summed E-state index contributed by atoms with van der Waals surface area (Å²) in [6.07, 6.45) is 0. The van der Waals surface area contributed by atoms with E-state index in [4.69, 9.17) is 4.55 Å². The van der Waals surface area contributed by atoms with E-state index in [9.17, 15) is 4.21 Å². The minimum atomic E-state index is -1.86. The van der Waals surface area contributed by atoms with E-state index in [-0.39, 0.29) is 43.7 Å². The molecular formula is C9H14CaO2S. The summed E-state index contributed by atoms with van der Waals surface area (Å²) >= 11 is -1.86. The molecule has 0 spiro atoms. The van der Waals surface area contributed by atoms with Gasteiger partial charge in [0, 0.05) is 0 Å². The normalized spacial score (nSPS) is 12.3. The molecular weight excluding hydrogens is 212 g/mol. The van der Waals surface area contributed by atoms with Crippen LogP contribution in [0.15, 0.2) is 29.2 Å². The van der Waals surface area contributed by atoms with E-state index < -0.39 is 11.1 Å². The number of hydrogen-bond donors (Lipinski definition) is 1. The molecule has 0 aliphatic carbocycles. The van der Waals surface area contributed by atoms with Gasteiger partial charge in [-0.2, -0.15) is 0 Å². The van der Waals surface area contributed by atoms with Gasteiger partial charge < -0.3 is 4.55 Å². The summed E-state index contributed by atoms with van der Waals surface area (Å²) in [4.78, 5) is 0.521. The first-order chi connectivity index (χ1) is 5.63. The topological polar surface area (TPSA) is 37.3 Å². The quantitative estimate of drug-likeness (QED) is 0.612. The number of benzene rings is 1. The molecule has 1 atom stereocenters. The molecule has 13 heavy (non-hydrogen) atoms. The predicted molar refractivity (Wildman–Crippen MR) is 58.1 cm³/mol. The van der Waals surface area contributed by atoms with Crippen LogP contribution in [0.2, 0.25) is 0 Å². The van der Waals surface area contributed by atoms with Crippen molar-refractivity contribution >= 4 is 48.8 Å². The molecule has 0 aliphatic heterocycles. The Hall–Kier alpha value is 0.590. The monoisotopic (exact) mass is 226 g/mol. The SMILES string of the molecule is CC(C)c1ccccc1S(=O)O.[CaH2]. The van der Waals surface area contributed by atoms with Gasteiger partial charge in [-0.25, -0.2) is 4.21 Å². The zero-order chi connectivity index (χ0) is 9.14. The van der Waals surface area contributed by atoms with Crippen LogP contribution in [0.1, 0.15) is 25.3 Å². The molecule has 1 aromatic carbocycles. The molecule has 70 valence electrons. The molecule has 0 aliphatic rings. The van der Waals surface area contributed by atoms with Gasteiger partial charge >= 0.3 is 37.7 Å². The summed E-state index contributed by atoms with van der Waals surface area (Å²) in [5.74, 6) is 0.289. The standard InChI is InChI=1S/C9H12O2S.Ca.2H/c1-7(2)8-5-3-4-6-9(8)12(10)11;;;/h3-7H,1-2H3,(H,10,11);;;. The molecule has 0 radical (unpaired) electrons. The Morgan fingerprint density at radius 1 is 1.31 bits per heavy atom. The second kappa shape index (κ2) is 6.14. The van der Waals surface area contributed by atoms with Crippen molar-refractivity contribution in [2.75, 3.05) is 0 Å². The Balaban J connectivity index is 0.00000144. The third-order valence-corrected chi connectivity index (χ3v) is 2.48. The van der Waals surface area contributed by atoms with Gasteiger partial charge in [0.1, 0.15) is 0 Å². The van der Waals surface area contributed by atoms with Crippen LogP contribution in [0.25, 0.3) is 0 Å². The molecule has 0 saturated heterocycles. The minimum absolute atomic E-state index is 0. The first kappa shape index (κ1) is 13.6. The molecule has 1 unspecified atom stereocenters. The molecule has 0 fully saturated rings. The van der Waals surface area contributed by atoms with Crippen LogP contribution >= 0.6 is 0 Å². The number of hydrogen-bond acceptors (Lipinski definition) is 1. The van der Waals surface area contributed by atoms with Gasteiger partial charge in [0.05, 0.1) is 4.90 Å². The molecule has 2 nitrogen and oxygen atoms in total. The van der Waals surface area contributed by atoms with Crippen molar-refractivity contribution in [2.24, 2.45) is 0 Å². The zero-order valence-corrected chi connectivity index (χ0v) is 7.97. The van der Waals surface area contributed by atoms with Gasteiger partial charge in [-0.3, -0.25) is 0 Å². The fraction of sp³-hybridized carbons (Fsp3) is 0.333. The van der Waals surface area contributed by atoms with Gasteiger partial charge in [-0.1, -0.05) is 32.0 Å². The summed E-state index contributed by atoms with van der Waals surface area (Å²) < 4.78 is 19.8. The summed E-state index contributed by atoms with van der Waals surface area (Å²) in [5, 5.41) is 0. The third kappa shape index (κ3) is 3.68. The van der Waals surface area contributed by atoms with Crippen molar-refractivity contribution in [1.82, 2.24) is 0 Å². The van der Waals surface area contributed by atoms with E-state index in [0.717, 1.165) is 5.56 Å². The average molecular weight is 226 g/mol. The molecule has 0 saturated carbocycles. The predicted octanol–water partition coefficient (Wildman–Crippen LogP) is 1.47. The molecule has 0 bridgehead atoms. The summed E-state index contributed by atoms with van der Waals surface area (Å²) in [5.41, 5.74) is 0.943. The summed E-state index contributed by atoms with van der Waals surface area (Å²) in [7, 11) is 0. The Morgan fingerprint density at radius 2 is 1.85 bits per heavy atom. The molecule has 1 aromatic rings. The van der Waals surface area contributed by atoms with E-state index in [1.165, 1.54) is 0 Å². The maximum absolute atomic E-state index is 10.8. The first-order valence-corrected chi connectivity index (χ1v) is 4.93. The van der Waals surface area contributed by atoms with Crippen LogP contribution < -0.4 is 0 Å². The Kier molecular flexibility index (Phi) is 6.42. The second-order valence-corrected chi connectivity index (χ2v) is 3.88. The van der Waals surface area contributed by atoms with E-state index >= 15 is 0 Å². The van der Waals surface area contributed by atoms with Gasteiger partial charge in [0.15, 0.2) is 11.1 Å². The average Bonchev–Trinajstić information content (AvgIpc) is 2.04. The fourth-order valence-electron chi connectivity index (χ4n) is 1.12. The molecule has 0 amide bonds. The Morgan fingerprint density at radius 3 is 2.23 bits per heavy atom. The van der Waals surface area contributed by atoms with Gasteiger partial charge in [0.2, 0.25) is 0 Å². The van der Waals surface area contributed by atoms with Crippen LogP contribution in [0, 0.1) is 0 Å². The van der Waals surface area contributed by atoms with E-state index in [1.807, 2.05) is 26.0 Å². The third-order valence-electron chi connectivity index (χ3n) is 1.73. The van der Waals surface area contributed by atoms with Crippen molar-refractivity contribution in [2.45, 2.75) is 24.7 Å². The zero-order valence-electron chi connectivity index (χ0n) is 7.15. The summed E-state index contributed by atoms with van der Waals surface area (Å²) in [6, 6.07) is 7.22. The molecule has 4 heteroatoms. The van der Waals surface area contributed by atoms with Gasteiger partial charge in [-0.15, -0.1) is 0 Å². The van der Waals surface area contributed by atoms with Crippen LogP contribution in [0.4, 0.5) is 0 Å². The van der Waals surface area contributed by atoms with Crippen molar-refractivity contribution in [1.29, 1.82) is 0 Å². The van der Waals surface area contributed by atoms with Crippen LogP contribution in [0.5, 0.6) is 0 Å².